The Bertz CT molecular complexity index is 1230. The first-order valence-corrected chi connectivity index (χ1v) is 10.9. The number of carboxylic acid groups (broad SMARTS) is 1. The van der Waals surface area contributed by atoms with Crippen molar-refractivity contribution in [3.8, 4) is 0 Å². The lowest BCUT2D eigenvalue weighted by atomic mass is 9.87. The number of nitrogens with zero attached hydrogens (tertiary/aromatic N) is 1. The third-order valence-corrected chi connectivity index (χ3v) is 6.36. The van der Waals surface area contributed by atoms with Gasteiger partial charge in [-0.3, -0.25) is 0 Å². The van der Waals surface area contributed by atoms with E-state index in [-0.39, 0.29) is 6.04 Å². The number of aromatic nitrogens is 1. The second kappa shape index (κ2) is 8.40. The predicted octanol–water partition coefficient (Wildman–Crippen LogP) is 5.56. The van der Waals surface area contributed by atoms with Crippen molar-refractivity contribution in [1.29, 1.82) is 0 Å². The maximum Gasteiger partial charge on any atom is 0.352 e. The van der Waals surface area contributed by atoms with Gasteiger partial charge in [0.15, 0.2) is 0 Å². The van der Waals surface area contributed by atoms with Gasteiger partial charge in [-0.15, -0.1) is 0 Å². The molecule has 1 atom stereocenters. The van der Waals surface area contributed by atoms with Gasteiger partial charge in [-0.1, -0.05) is 72.8 Å². The van der Waals surface area contributed by atoms with Crippen LogP contribution in [0.25, 0.3) is 10.9 Å². The molecule has 4 aromatic rings. The zero-order valence-electron chi connectivity index (χ0n) is 17.4. The van der Waals surface area contributed by atoms with Crippen LogP contribution < -0.4 is 5.32 Å². The molecule has 0 bridgehead atoms. The van der Waals surface area contributed by atoms with Crippen LogP contribution in [0.2, 0.25) is 0 Å². The third-order valence-electron chi connectivity index (χ3n) is 6.36. The maximum absolute atomic E-state index is 12.4. The number of aryl methyl sites for hydroxylation is 1. The van der Waals surface area contributed by atoms with Crippen molar-refractivity contribution in [2.45, 2.75) is 38.4 Å². The fourth-order valence-electron chi connectivity index (χ4n) is 4.92. The fourth-order valence-corrected chi connectivity index (χ4v) is 4.92. The van der Waals surface area contributed by atoms with Crippen molar-refractivity contribution >= 4 is 16.9 Å². The van der Waals surface area contributed by atoms with Crippen molar-refractivity contribution in [2.24, 2.45) is 0 Å². The van der Waals surface area contributed by atoms with Crippen molar-refractivity contribution in [1.82, 2.24) is 9.88 Å². The third kappa shape index (κ3) is 3.75. The van der Waals surface area contributed by atoms with E-state index in [0.717, 1.165) is 41.3 Å². The highest BCUT2D eigenvalue weighted by molar-refractivity contribution is 5.98. The Labute approximate surface area is 182 Å². The Morgan fingerprint density at radius 3 is 2.55 bits per heavy atom. The monoisotopic (exact) mass is 410 g/mol. The number of nitrogens with one attached hydrogen (secondary N) is 1. The van der Waals surface area contributed by atoms with Crippen LogP contribution in [0.5, 0.6) is 0 Å². The molecule has 31 heavy (non-hydrogen) atoms. The largest absolute Gasteiger partial charge is 0.477 e. The maximum atomic E-state index is 12.4. The fraction of sp³-hybridized carbons (Fsp3) is 0.222. The van der Waals surface area contributed by atoms with E-state index in [1.54, 1.807) is 0 Å². The van der Waals surface area contributed by atoms with Crippen molar-refractivity contribution in [3.05, 3.63) is 107 Å². The molecule has 1 aliphatic carbocycles. The molecule has 0 saturated heterocycles. The number of para-hydroxylation sites is 1. The van der Waals surface area contributed by atoms with Gasteiger partial charge in [0.2, 0.25) is 0 Å². The molecule has 4 heteroatoms. The van der Waals surface area contributed by atoms with Gasteiger partial charge >= 0.3 is 5.97 Å². The van der Waals surface area contributed by atoms with Crippen molar-refractivity contribution in [2.75, 3.05) is 0 Å². The molecule has 1 aliphatic rings. The van der Waals surface area contributed by atoms with Crippen LogP contribution in [0.3, 0.4) is 0 Å². The molecule has 0 radical (unpaired) electrons. The highest BCUT2D eigenvalue weighted by Gasteiger charge is 2.24. The Hall–Kier alpha value is -3.37. The summed E-state index contributed by atoms with van der Waals surface area (Å²) in [6, 6.07) is 26.9. The van der Waals surface area contributed by atoms with E-state index in [4.69, 9.17) is 0 Å². The lowest BCUT2D eigenvalue weighted by Crippen LogP contribution is -2.25. The van der Waals surface area contributed by atoms with Gasteiger partial charge in [-0.05, 0) is 42.0 Å². The average molecular weight is 411 g/mol. The summed E-state index contributed by atoms with van der Waals surface area (Å²) in [7, 11) is 0. The van der Waals surface area contributed by atoms with Crippen LogP contribution in [-0.4, -0.2) is 15.6 Å². The predicted molar refractivity (Wildman–Crippen MR) is 123 cm³/mol. The quantitative estimate of drug-likeness (QED) is 0.438. The van der Waals surface area contributed by atoms with Crippen molar-refractivity contribution < 1.29 is 9.90 Å². The van der Waals surface area contributed by atoms with Crippen LogP contribution in [0.15, 0.2) is 78.9 Å². The van der Waals surface area contributed by atoms with Crippen LogP contribution in [0, 0.1) is 0 Å². The molecule has 1 aromatic heterocycles. The van der Waals surface area contributed by atoms with E-state index < -0.39 is 5.97 Å². The average Bonchev–Trinajstić information content (AvgIpc) is 3.12. The number of hydrogen-bond acceptors (Lipinski definition) is 2. The number of aromatic carboxylic acids is 1. The zero-order chi connectivity index (χ0) is 21.2. The summed E-state index contributed by atoms with van der Waals surface area (Å²) in [6.45, 7) is 1.07. The van der Waals surface area contributed by atoms with E-state index in [1.165, 1.54) is 11.1 Å². The first-order valence-electron chi connectivity index (χ1n) is 10.9. The normalized spacial score (nSPS) is 15.7. The molecular formula is C27H26N2O2. The minimum atomic E-state index is -0.882. The number of hydrogen-bond donors (Lipinski definition) is 2. The number of rotatable bonds is 6. The van der Waals surface area contributed by atoms with Gasteiger partial charge < -0.3 is 15.0 Å². The standard InChI is InChI=1S/C27H26N2O2/c30-27(31)26-23(17-28-24-15-8-12-20-11-4-5-13-21(20)24)22-14-6-7-16-25(22)29(26)18-19-9-2-1-3-10-19/h1-7,9-11,13-14,16,24,28H,8,12,15,17-18H2,(H,30,31)/t24-/m0/s1. The Kier molecular flexibility index (Phi) is 5.31. The first-order chi connectivity index (χ1) is 15.2. The molecule has 3 aromatic carbocycles. The van der Waals surface area contributed by atoms with Crippen LogP contribution in [-0.2, 0) is 19.5 Å². The lowest BCUT2D eigenvalue weighted by molar-refractivity contribution is 0.0684. The summed E-state index contributed by atoms with van der Waals surface area (Å²) >= 11 is 0. The molecule has 0 fully saturated rings. The van der Waals surface area contributed by atoms with Gasteiger partial charge in [0, 0.05) is 35.6 Å². The molecule has 4 nitrogen and oxygen atoms in total. The van der Waals surface area contributed by atoms with Crippen LogP contribution in [0.1, 0.15) is 51.6 Å². The second-order valence-electron chi connectivity index (χ2n) is 8.25. The molecule has 5 rings (SSSR count). The number of carbonyl (C=O) groups is 1. The Balaban J connectivity index is 1.53. The van der Waals surface area contributed by atoms with E-state index in [9.17, 15) is 9.90 Å². The SMILES string of the molecule is O=C(O)c1c(CN[C@H]2CCCc3ccccc32)c2ccccc2n1Cc1ccccc1. The number of fused-ring (bicyclic) bond motifs is 2. The summed E-state index contributed by atoms with van der Waals surface area (Å²) in [5.41, 5.74) is 6.04. The summed E-state index contributed by atoms with van der Waals surface area (Å²) in [6.07, 6.45) is 3.34. The molecule has 0 saturated carbocycles. The van der Waals surface area contributed by atoms with E-state index in [0.29, 0.717) is 18.8 Å². The molecular weight excluding hydrogens is 384 g/mol. The number of benzene rings is 3. The summed E-state index contributed by atoms with van der Waals surface area (Å²) in [5, 5.41) is 14.9. The second-order valence-corrected chi connectivity index (χ2v) is 8.25. The molecule has 0 unspecified atom stereocenters. The van der Waals surface area contributed by atoms with Crippen molar-refractivity contribution in [3.63, 3.8) is 0 Å². The Morgan fingerprint density at radius 2 is 1.71 bits per heavy atom. The summed E-state index contributed by atoms with van der Waals surface area (Å²) in [5.74, 6) is -0.882. The minimum Gasteiger partial charge on any atom is -0.477 e. The number of carboxylic acids is 1. The molecule has 0 spiro atoms. The van der Waals surface area contributed by atoms with E-state index >= 15 is 0 Å². The summed E-state index contributed by atoms with van der Waals surface area (Å²) < 4.78 is 1.94. The van der Waals surface area contributed by atoms with E-state index in [2.05, 4.69) is 29.6 Å². The Morgan fingerprint density at radius 1 is 0.968 bits per heavy atom. The molecule has 1 heterocycles. The highest BCUT2D eigenvalue weighted by Crippen LogP contribution is 2.32. The highest BCUT2D eigenvalue weighted by atomic mass is 16.4. The summed E-state index contributed by atoms with van der Waals surface area (Å²) in [4.78, 5) is 12.4. The van der Waals surface area contributed by atoms with Crippen LogP contribution >= 0.6 is 0 Å². The molecule has 156 valence electrons. The molecule has 2 N–H and O–H groups in total. The first kappa shape index (κ1) is 19.6. The smallest absolute Gasteiger partial charge is 0.352 e. The molecule has 0 amide bonds. The van der Waals surface area contributed by atoms with Gasteiger partial charge in [0.05, 0.1) is 0 Å². The van der Waals surface area contributed by atoms with Gasteiger partial charge in [0.25, 0.3) is 0 Å². The van der Waals surface area contributed by atoms with Crippen LogP contribution in [0.4, 0.5) is 0 Å². The van der Waals surface area contributed by atoms with Gasteiger partial charge in [-0.2, -0.15) is 0 Å². The zero-order valence-corrected chi connectivity index (χ0v) is 17.4. The van der Waals surface area contributed by atoms with E-state index in [1.807, 2.05) is 59.2 Å². The topological polar surface area (TPSA) is 54.3 Å². The van der Waals surface area contributed by atoms with Gasteiger partial charge in [0.1, 0.15) is 5.69 Å². The minimum absolute atomic E-state index is 0.253. The van der Waals surface area contributed by atoms with Gasteiger partial charge in [-0.25, -0.2) is 4.79 Å². The lowest BCUT2D eigenvalue weighted by Gasteiger charge is -2.26. The molecule has 0 aliphatic heterocycles.